The van der Waals surface area contributed by atoms with Crippen molar-refractivity contribution in [3.63, 3.8) is 0 Å². The van der Waals surface area contributed by atoms with Crippen LogP contribution in [0.3, 0.4) is 0 Å². The molecule has 0 aliphatic heterocycles. The van der Waals surface area contributed by atoms with Gasteiger partial charge in [0.05, 0.1) is 7.11 Å². The van der Waals surface area contributed by atoms with E-state index in [4.69, 9.17) is 4.74 Å². The number of rotatable bonds is 12. The maximum absolute atomic E-state index is 5.47. The van der Waals surface area contributed by atoms with E-state index in [0.29, 0.717) is 6.04 Å². The van der Waals surface area contributed by atoms with Crippen molar-refractivity contribution in [1.29, 1.82) is 0 Å². The topological polar surface area (TPSA) is 21.3 Å². The monoisotopic (exact) mass is 291 g/mol. The van der Waals surface area contributed by atoms with Gasteiger partial charge in [-0.1, -0.05) is 76.5 Å². The quantitative estimate of drug-likeness (QED) is 0.514. The first kappa shape index (κ1) is 18.0. The maximum Gasteiger partial charge on any atom is 0.123 e. The third kappa shape index (κ3) is 6.99. The van der Waals surface area contributed by atoms with Crippen LogP contribution in [-0.2, 0) is 0 Å². The molecule has 1 aromatic carbocycles. The van der Waals surface area contributed by atoms with E-state index in [2.05, 4.69) is 24.4 Å². The normalized spacial score (nSPS) is 12.3. The van der Waals surface area contributed by atoms with E-state index in [1.54, 1.807) is 7.11 Å². The van der Waals surface area contributed by atoms with Crippen molar-refractivity contribution in [3.8, 4) is 5.75 Å². The first-order valence-electron chi connectivity index (χ1n) is 8.63. The summed E-state index contributed by atoms with van der Waals surface area (Å²) in [5.74, 6) is 0.997. The summed E-state index contributed by atoms with van der Waals surface area (Å²) < 4.78 is 5.47. The predicted octanol–water partition coefficient (Wildman–Crippen LogP) is 5.49. The van der Waals surface area contributed by atoms with Gasteiger partial charge in [0.25, 0.3) is 0 Å². The fraction of sp³-hybridized carbons (Fsp3) is 0.684. The van der Waals surface area contributed by atoms with Gasteiger partial charge in [0.2, 0.25) is 0 Å². The summed E-state index contributed by atoms with van der Waals surface area (Å²) in [4.78, 5) is 0. The van der Waals surface area contributed by atoms with E-state index in [1.165, 1.54) is 63.4 Å². The molecule has 0 spiro atoms. The molecule has 2 nitrogen and oxygen atoms in total. The van der Waals surface area contributed by atoms with Gasteiger partial charge in [0.1, 0.15) is 5.75 Å². The second kappa shape index (κ2) is 11.6. The lowest BCUT2D eigenvalue weighted by molar-refractivity contribution is 0.396. The Kier molecular flexibility index (Phi) is 9.98. The molecule has 0 aliphatic carbocycles. The molecule has 1 aromatic rings. The van der Waals surface area contributed by atoms with Crippen LogP contribution in [0.15, 0.2) is 24.3 Å². The minimum atomic E-state index is 0.404. The molecule has 0 amide bonds. The largest absolute Gasteiger partial charge is 0.496 e. The Bertz CT molecular complexity index is 364. The summed E-state index contributed by atoms with van der Waals surface area (Å²) in [6, 6.07) is 8.75. The Balaban J connectivity index is 2.25. The van der Waals surface area contributed by atoms with Gasteiger partial charge in [-0.15, -0.1) is 0 Å². The molecule has 0 fully saturated rings. The first-order valence-corrected chi connectivity index (χ1v) is 8.63. The summed E-state index contributed by atoms with van der Waals surface area (Å²) in [5.41, 5.74) is 1.28. The highest BCUT2D eigenvalue weighted by molar-refractivity contribution is 5.35. The van der Waals surface area contributed by atoms with Gasteiger partial charge in [0, 0.05) is 11.6 Å². The van der Waals surface area contributed by atoms with Crippen LogP contribution in [0.2, 0.25) is 0 Å². The van der Waals surface area contributed by atoms with E-state index >= 15 is 0 Å². The van der Waals surface area contributed by atoms with Crippen LogP contribution in [0, 0.1) is 0 Å². The third-order valence-electron chi connectivity index (χ3n) is 4.21. The van der Waals surface area contributed by atoms with Crippen LogP contribution in [0.5, 0.6) is 5.75 Å². The summed E-state index contributed by atoms with van der Waals surface area (Å²) >= 11 is 0. The lowest BCUT2D eigenvalue weighted by atomic mass is 9.98. The van der Waals surface area contributed by atoms with Crippen molar-refractivity contribution >= 4 is 0 Å². The van der Waals surface area contributed by atoms with Crippen molar-refractivity contribution in [2.45, 2.75) is 70.8 Å². The SMILES string of the molecule is CCCCCCCCCCC(NC)c1ccccc1OC. The Morgan fingerprint density at radius 3 is 2.19 bits per heavy atom. The Morgan fingerprint density at radius 2 is 1.57 bits per heavy atom. The number of benzene rings is 1. The van der Waals surface area contributed by atoms with Crippen molar-refractivity contribution in [3.05, 3.63) is 29.8 Å². The molecule has 21 heavy (non-hydrogen) atoms. The number of methoxy groups -OCH3 is 1. The highest BCUT2D eigenvalue weighted by atomic mass is 16.5. The average Bonchev–Trinajstić information content (AvgIpc) is 2.53. The van der Waals surface area contributed by atoms with Crippen LogP contribution in [0.25, 0.3) is 0 Å². The molecule has 0 aromatic heterocycles. The molecule has 1 rings (SSSR count). The standard InChI is InChI=1S/C19H33NO/c1-4-5-6-7-8-9-10-11-15-18(20-2)17-14-12-13-16-19(17)21-3/h12-14,16,18,20H,4-11,15H2,1-3H3. The first-order chi connectivity index (χ1) is 10.3. The fourth-order valence-electron chi connectivity index (χ4n) is 2.89. The molecule has 0 saturated carbocycles. The fourth-order valence-corrected chi connectivity index (χ4v) is 2.89. The minimum absolute atomic E-state index is 0.404. The molecular weight excluding hydrogens is 258 g/mol. The molecule has 2 heteroatoms. The summed E-state index contributed by atoms with van der Waals surface area (Å²) in [6.07, 6.45) is 12.2. The number of para-hydroxylation sites is 1. The van der Waals surface area contributed by atoms with Gasteiger partial charge in [0.15, 0.2) is 0 Å². The summed E-state index contributed by atoms with van der Waals surface area (Å²) in [6.45, 7) is 2.27. The van der Waals surface area contributed by atoms with Gasteiger partial charge >= 0.3 is 0 Å². The molecule has 0 radical (unpaired) electrons. The van der Waals surface area contributed by atoms with Crippen molar-refractivity contribution in [2.75, 3.05) is 14.2 Å². The minimum Gasteiger partial charge on any atom is -0.496 e. The van der Waals surface area contributed by atoms with Crippen molar-refractivity contribution < 1.29 is 4.74 Å². The van der Waals surface area contributed by atoms with Gasteiger partial charge in [-0.2, -0.15) is 0 Å². The Labute approximate surface area is 131 Å². The molecular formula is C19H33NO. The van der Waals surface area contributed by atoms with Gasteiger partial charge in [-0.05, 0) is 19.5 Å². The van der Waals surface area contributed by atoms with E-state index in [1.807, 2.05) is 19.2 Å². The summed E-state index contributed by atoms with van der Waals surface area (Å²) in [7, 11) is 3.80. The van der Waals surface area contributed by atoms with Crippen LogP contribution in [0.1, 0.15) is 76.3 Å². The van der Waals surface area contributed by atoms with E-state index in [0.717, 1.165) is 5.75 Å². The second-order valence-corrected chi connectivity index (χ2v) is 5.85. The zero-order valence-corrected chi connectivity index (χ0v) is 14.2. The Hall–Kier alpha value is -1.02. The van der Waals surface area contributed by atoms with Crippen LogP contribution in [0.4, 0.5) is 0 Å². The van der Waals surface area contributed by atoms with Gasteiger partial charge in [-0.3, -0.25) is 0 Å². The highest BCUT2D eigenvalue weighted by Gasteiger charge is 2.13. The molecule has 0 aliphatic rings. The summed E-state index contributed by atoms with van der Waals surface area (Å²) in [5, 5.41) is 3.43. The van der Waals surface area contributed by atoms with Crippen LogP contribution >= 0.6 is 0 Å². The Morgan fingerprint density at radius 1 is 0.952 bits per heavy atom. The van der Waals surface area contributed by atoms with Crippen molar-refractivity contribution in [2.24, 2.45) is 0 Å². The van der Waals surface area contributed by atoms with E-state index < -0.39 is 0 Å². The maximum atomic E-state index is 5.47. The highest BCUT2D eigenvalue weighted by Crippen LogP contribution is 2.28. The zero-order chi connectivity index (χ0) is 15.3. The average molecular weight is 291 g/mol. The molecule has 1 unspecified atom stereocenters. The number of nitrogens with one attached hydrogen (secondary N) is 1. The van der Waals surface area contributed by atoms with Gasteiger partial charge < -0.3 is 10.1 Å². The number of hydrogen-bond donors (Lipinski definition) is 1. The smallest absolute Gasteiger partial charge is 0.123 e. The lowest BCUT2D eigenvalue weighted by Crippen LogP contribution is -2.17. The number of ether oxygens (including phenoxy) is 1. The van der Waals surface area contributed by atoms with E-state index in [9.17, 15) is 0 Å². The molecule has 1 N–H and O–H groups in total. The molecule has 1 atom stereocenters. The zero-order valence-electron chi connectivity index (χ0n) is 14.2. The van der Waals surface area contributed by atoms with Crippen LogP contribution in [-0.4, -0.2) is 14.2 Å². The number of unbranched alkanes of at least 4 members (excludes halogenated alkanes) is 7. The predicted molar refractivity (Wildman–Crippen MR) is 92.0 cm³/mol. The lowest BCUT2D eigenvalue weighted by Gasteiger charge is -2.19. The molecule has 0 heterocycles. The second-order valence-electron chi connectivity index (χ2n) is 5.85. The molecule has 0 bridgehead atoms. The third-order valence-corrected chi connectivity index (χ3v) is 4.21. The van der Waals surface area contributed by atoms with Crippen LogP contribution < -0.4 is 10.1 Å². The van der Waals surface area contributed by atoms with Crippen molar-refractivity contribution in [1.82, 2.24) is 5.32 Å². The molecule has 0 saturated heterocycles. The molecule has 120 valence electrons. The van der Waals surface area contributed by atoms with Gasteiger partial charge in [-0.25, -0.2) is 0 Å². The van der Waals surface area contributed by atoms with E-state index in [-0.39, 0.29) is 0 Å². The number of hydrogen-bond acceptors (Lipinski definition) is 2.